The van der Waals surface area contributed by atoms with Crippen molar-refractivity contribution in [2.45, 2.75) is 19.3 Å². The van der Waals surface area contributed by atoms with E-state index in [0.29, 0.717) is 5.71 Å². The molecule has 1 saturated carbocycles. The van der Waals surface area contributed by atoms with E-state index in [9.17, 15) is 20.2 Å². The zero-order valence-electron chi connectivity index (χ0n) is 18.3. The number of non-ortho nitro benzene ring substituents is 1. The van der Waals surface area contributed by atoms with Crippen molar-refractivity contribution in [2.75, 3.05) is 5.43 Å². The van der Waals surface area contributed by atoms with Crippen molar-refractivity contribution in [3.05, 3.63) is 121 Å². The van der Waals surface area contributed by atoms with E-state index in [0.717, 1.165) is 47.6 Å². The first-order valence-electron chi connectivity index (χ1n) is 10.8. The number of rotatable bonds is 6. The number of nitro groups is 2. The van der Waals surface area contributed by atoms with Crippen LogP contribution in [-0.4, -0.2) is 15.6 Å². The number of anilines is 1. The number of nitrogens with zero attached hydrogens (tertiary/aromatic N) is 3. The van der Waals surface area contributed by atoms with Crippen LogP contribution in [0.5, 0.6) is 0 Å². The molecule has 0 aliphatic heterocycles. The van der Waals surface area contributed by atoms with Gasteiger partial charge in [0, 0.05) is 6.07 Å². The maximum absolute atomic E-state index is 11.5. The Hall–Kier alpha value is -4.59. The molecule has 1 aliphatic carbocycles. The van der Waals surface area contributed by atoms with E-state index < -0.39 is 15.5 Å². The van der Waals surface area contributed by atoms with Crippen LogP contribution >= 0.6 is 0 Å². The Morgan fingerprint density at radius 1 is 0.765 bits per heavy atom. The molecule has 0 unspecified atom stereocenters. The first-order chi connectivity index (χ1) is 16.5. The molecule has 3 aromatic rings. The van der Waals surface area contributed by atoms with Crippen LogP contribution in [-0.2, 0) is 0 Å². The number of hydrogen-bond acceptors (Lipinski definition) is 6. The number of nitrogens with one attached hydrogen (secondary N) is 1. The predicted octanol–water partition coefficient (Wildman–Crippen LogP) is 6.62. The second-order valence-electron chi connectivity index (χ2n) is 7.80. The van der Waals surface area contributed by atoms with Gasteiger partial charge >= 0.3 is 5.69 Å². The summed E-state index contributed by atoms with van der Waals surface area (Å²) in [5, 5.41) is 27.2. The summed E-state index contributed by atoms with van der Waals surface area (Å²) in [6.45, 7) is 0. The van der Waals surface area contributed by atoms with Crippen molar-refractivity contribution in [1.82, 2.24) is 0 Å². The molecule has 1 aliphatic rings. The van der Waals surface area contributed by atoms with Crippen molar-refractivity contribution in [3.8, 4) is 0 Å². The first kappa shape index (κ1) is 22.6. The van der Waals surface area contributed by atoms with Crippen LogP contribution < -0.4 is 5.43 Å². The zero-order chi connectivity index (χ0) is 23.9. The zero-order valence-corrected chi connectivity index (χ0v) is 18.3. The van der Waals surface area contributed by atoms with Gasteiger partial charge < -0.3 is 0 Å². The number of hydrazone groups is 1. The predicted molar refractivity (Wildman–Crippen MR) is 133 cm³/mol. The fourth-order valence-corrected chi connectivity index (χ4v) is 3.83. The van der Waals surface area contributed by atoms with E-state index in [2.05, 4.69) is 22.7 Å². The summed E-state index contributed by atoms with van der Waals surface area (Å²) < 4.78 is 0. The van der Waals surface area contributed by atoms with Gasteiger partial charge in [-0.3, -0.25) is 25.7 Å². The lowest BCUT2D eigenvalue weighted by atomic mass is 9.86. The maximum Gasteiger partial charge on any atom is 0.301 e. The van der Waals surface area contributed by atoms with E-state index in [1.807, 2.05) is 60.7 Å². The third-order valence-corrected chi connectivity index (χ3v) is 5.46. The Bertz CT molecular complexity index is 1240. The van der Waals surface area contributed by atoms with Crippen LogP contribution in [0.15, 0.2) is 95.1 Å². The van der Waals surface area contributed by atoms with Gasteiger partial charge in [-0.15, -0.1) is 0 Å². The maximum atomic E-state index is 11.5. The summed E-state index contributed by atoms with van der Waals surface area (Å²) in [7, 11) is 0. The average molecular weight is 454 g/mol. The highest BCUT2D eigenvalue weighted by molar-refractivity contribution is 6.17. The van der Waals surface area contributed by atoms with Crippen molar-refractivity contribution in [3.63, 3.8) is 0 Å². The van der Waals surface area contributed by atoms with E-state index in [1.54, 1.807) is 0 Å². The Morgan fingerprint density at radius 3 is 1.82 bits per heavy atom. The van der Waals surface area contributed by atoms with Crippen LogP contribution in [0.3, 0.4) is 0 Å². The van der Waals surface area contributed by atoms with Crippen molar-refractivity contribution < 1.29 is 9.85 Å². The molecule has 8 heteroatoms. The molecule has 1 N–H and O–H groups in total. The summed E-state index contributed by atoms with van der Waals surface area (Å²) in [6, 6.07) is 23.3. The van der Waals surface area contributed by atoms with Crippen molar-refractivity contribution >= 4 is 34.9 Å². The lowest BCUT2D eigenvalue weighted by Gasteiger charge is -2.21. The molecule has 8 nitrogen and oxygen atoms in total. The smallest absolute Gasteiger partial charge is 0.271 e. The van der Waals surface area contributed by atoms with E-state index in [4.69, 9.17) is 0 Å². The lowest BCUT2D eigenvalue weighted by molar-refractivity contribution is -0.393. The van der Waals surface area contributed by atoms with Crippen molar-refractivity contribution in [2.24, 2.45) is 5.10 Å². The van der Waals surface area contributed by atoms with Gasteiger partial charge in [-0.05, 0) is 59.8 Å². The molecular formula is C26H22N4O4. The normalized spacial score (nSPS) is 15.8. The second-order valence-corrected chi connectivity index (χ2v) is 7.80. The number of nitro benzene ring substituents is 2. The van der Waals surface area contributed by atoms with Crippen LogP contribution in [0, 0.1) is 20.2 Å². The first-order valence-corrected chi connectivity index (χ1v) is 10.8. The molecule has 0 aromatic heterocycles. The third-order valence-electron chi connectivity index (χ3n) is 5.46. The van der Waals surface area contributed by atoms with Crippen LogP contribution in [0.25, 0.3) is 12.2 Å². The SMILES string of the molecule is O=[N+]([O-])c1ccc(NN=C2C(=Cc3ccccc3)CCCC2=Cc2ccccc2)c([N+](=O)[O-])c1. The van der Waals surface area contributed by atoms with Crippen LogP contribution in [0.1, 0.15) is 30.4 Å². The van der Waals surface area contributed by atoms with Crippen LogP contribution in [0.4, 0.5) is 17.1 Å². The lowest BCUT2D eigenvalue weighted by Crippen LogP contribution is -2.15. The standard InChI is InChI=1S/C26H22N4O4/c31-29(32)23-14-15-24(25(18-23)30(33)34)27-28-26-21(16-19-8-3-1-4-9-19)12-7-13-22(26)17-20-10-5-2-6-11-20/h1-6,8-11,14-18,27H,7,12-13H2. The van der Waals surface area contributed by atoms with Gasteiger partial charge in [0.1, 0.15) is 5.69 Å². The van der Waals surface area contributed by atoms with E-state index in [-0.39, 0.29) is 11.4 Å². The Labute approximate surface area is 196 Å². The molecule has 0 heterocycles. The minimum atomic E-state index is -0.661. The largest absolute Gasteiger partial charge is 0.301 e. The number of allylic oxidation sites excluding steroid dienone is 2. The highest BCUT2D eigenvalue weighted by atomic mass is 16.6. The van der Waals surface area contributed by atoms with Crippen molar-refractivity contribution in [1.29, 1.82) is 0 Å². The summed E-state index contributed by atoms with van der Waals surface area (Å²) in [6.07, 6.45) is 6.72. The van der Waals surface area contributed by atoms with Gasteiger partial charge in [0.05, 0.1) is 21.6 Å². The molecule has 3 aromatic carbocycles. The quantitative estimate of drug-likeness (QED) is 0.332. The third kappa shape index (κ3) is 5.42. The molecular weight excluding hydrogens is 432 g/mol. The minimum absolute atomic E-state index is 0.0896. The van der Waals surface area contributed by atoms with Gasteiger partial charge in [0.25, 0.3) is 5.69 Å². The highest BCUT2D eigenvalue weighted by Gasteiger charge is 2.22. The molecule has 0 amide bonds. The van der Waals surface area contributed by atoms with Gasteiger partial charge in [-0.1, -0.05) is 60.7 Å². The topological polar surface area (TPSA) is 111 Å². The Kier molecular flexibility index (Phi) is 6.88. The van der Waals surface area contributed by atoms with Gasteiger partial charge in [-0.2, -0.15) is 5.10 Å². The number of hydrogen-bond donors (Lipinski definition) is 1. The molecule has 34 heavy (non-hydrogen) atoms. The van der Waals surface area contributed by atoms with E-state index >= 15 is 0 Å². The molecule has 0 radical (unpaired) electrons. The monoisotopic (exact) mass is 454 g/mol. The summed E-state index contributed by atoms with van der Waals surface area (Å²) in [5.74, 6) is 0. The summed E-state index contributed by atoms with van der Waals surface area (Å²) >= 11 is 0. The Balaban J connectivity index is 1.77. The highest BCUT2D eigenvalue weighted by Crippen LogP contribution is 2.32. The summed E-state index contributed by atoms with van der Waals surface area (Å²) in [4.78, 5) is 21.3. The molecule has 0 bridgehead atoms. The van der Waals surface area contributed by atoms with Gasteiger partial charge in [-0.25, -0.2) is 0 Å². The van der Waals surface area contributed by atoms with E-state index in [1.165, 1.54) is 12.1 Å². The molecule has 0 atom stereocenters. The fourth-order valence-electron chi connectivity index (χ4n) is 3.83. The fraction of sp³-hybridized carbons (Fsp3) is 0.115. The molecule has 170 valence electrons. The average Bonchev–Trinajstić information content (AvgIpc) is 2.85. The molecule has 0 spiro atoms. The minimum Gasteiger partial charge on any atom is -0.271 e. The van der Waals surface area contributed by atoms with Gasteiger partial charge in [0.2, 0.25) is 0 Å². The second kappa shape index (κ2) is 10.4. The molecule has 0 saturated heterocycles. The molecule has 1 fully saturated rings. The summed E-state index contributed by atoms with van der Waals surface area (Å²) in [5.41, 5.74) is 6.94. The number of benzene rings is 3. The molecule has 4 rings (SSSR count). The Morgan fingerprint density at radius 2 is 1.32 bits per heavy atom. The van der Waals surface area contributed by atoms with Gasteiger partial charge in [0.15, 0.2) is 0 Å². The van der Waals surface area contributed by atoms with Crippen LogP contribution in [0.2, 0.25) is 0 Å².